The van der Waals surface area contributed by atoms with Gasteiger partial charge < -0.3 is 14.9 Å². The molecular formula is C12H18O6. The topological polar surface area (TPSA) is 101 Å². The molecule has 0 heterocycles. The van der Waals surface area contributed by atoms with E-state index < -0.39 is 35.8 Å². The third kappa shape index (κ3) is 4.99. The highest BCUT2D eigenvalue weighted by Gasteiger charge is 2.31. The zero-order valence-corrected chi connectivity index (χ0v) is 10.7. The van der Waals surface area contributed by atoms with Gasteiger partial charge in [-0.25, -0.2) is 4.79 Å². The molecule has 0 aromatic carbocycles. The molecule has 1 atom stereocenters. The molecule has 0 bridgehead atoms. The van der Waals surface area contributed by atoms with E-state index in [9.17, 15) is 14.4 Å². The summed E-state index contributed by atoms with van der Waals surface area (Å²) < 4.78 is 5.07. The van der Waals surface area contributed by atoms with Gasteiger partial charge in [0.1, 0.15) is 5.60 Å². The van der Waals surface area contributed by atoms with Gasteiger partial charge in [-0.15, -0.1) is 0 Å². The van der Waals surface area contributed by atoms with E-state index in [1.54, 1.807) is 13.8 Å². The number of carbonyl (C=O) groups is 3. The predicted molar refractivity (Wildman–Crippen MR) is 63.0 cm³/mol. The normalized spacial score (nSPS) is 12.6. The molecule has 0 aliphatic carbocycles. The molecule has 0 aromatic rings. The quantitative estimate of drug-likeness (QED) is 0.529. The number of esters is 1. The van der Waals surface area contributed by atoms with Gasteiger partial charge in [0.15, 0.2) is 0 Å². The third-order valence-electron chi connectivity index (χ3n) is 2.58. The monoisotopic (exact) mass is 258 g/mol. The SMILES string of the molecule is C=C(C(=O)OC(C)(C)CC)C(CC(=O)O)C(=O)O. The van der Waals surface area contributed by atoms with Crippen molar-refractivity contribution in [3.8, 4) is 0 Å². The highest BCUT2D eigenvalue weighted by molar-refractivity contribution is 5.96. The lowest BCUT2D eigenvalue weighted by atomic mass is 9.96. The summed E-state index contributed by atoms with van der Waals surface area (Å²) in [6.07, 6.45) is -0.154. The van der Waals surface area contributed by atoms with Gasteiger partial charge in [-0.1, -0.05) is 13.5 Å². The van der Waals surface area contributed by atoms with Crippen LogP contribution < -0.4 is 0 Å². The minimum atomic E-state index is -1.47. The van der Waals surface area contributed by atoms with Crippen LogP contribution in [0.2, 0.25) is 0 Å². The Morgan fingerprint density at radius 2 is 1.78 bits per heavy atom. The minimum absolute atomic E-state index is 0.355. The number of aliphatic carboxylic acids is 2. The Hall–Kier alpha value is -1.85. The highest BCUT2D eigenvalue weighted by Crippen LogP contribution is 2.21. The van der Waals surface area contributed by atoms with E-state index >= 15 is 0 Å². The van der Waals surface area contributed by atoms with Crippen molar-refractivity contribution in [1.29, 1.82) is 0 Å². The molecule has 2 N–H and O–H groups in total. The molecular weight excluding hydrogens is 240 g/mol. The Morgan fingerprint density at radius 3 is 2.11 bits per heavy atom. The van der Waals surface area contributed by atoms with Gasteiger partial charge >= 0.3 is 17.9 Å². The first kappa shape index (κ1) is 16.1. The molecule has 0 saturated carbocycles. The Kier molecular flexibility index (Phi) is 5.55. The van der Waals surface area contributed by atoms with Gasteiger partial charge in [-0.2, -0.15) is 0 Å². The van der Waals surface area contributed by atoms with Crippen LogP contribution in [0.1, 0.15) is 33.6 Å². The summed E-state index contributed by atoms with van der Waals surface area (Å²) in [7, 11) is 0. The molecule has 0 radical (unpaired) electrons. The number of carboxylic acids is 2. The molecule has 0 aliphatic heterocycles. The summed E-state index contributed by atoms with van der Waals surface area (Å²) in [5, 5.41) is 17.5. The van der Waals surface area contributed by atoms with E-state index in [-0.39, 0.29) is 5.57 Å². The fraction of sp³-hybridized carbons (Fsp3) is 0.583. The molecule has 0 amide bonds. The first-order valence-electron chi connectivity index (χ1n) is 5.47. The zero-order valence-electron chi connectivity index (χ0n) is 10.7. The van der Waals surface area contributed by atoms with Gasteiger partial charge in [-0.05, 0) is 20.3 Å². The van der Waals surface area contributed by atoms with Crippen molar-refractivity contribution in [3.05, 3.63) is 12.2 Å². The number of carboxylic acid groups (broad SMARTS) is 2. The summed E-state index contributed by atoms with van der Waals surface area (Å²) in [6, 6.07) is 0. The standard InChI is InChI=1S/C12H18O6/c1-5-12(3,4)18-11(17)7(2)8(10(15)16)6-9(13)14/h8H,2,5-6H2,1,3-4H3,(H,13,14)(H,15,16). The van der Waals surface area contributed by atoms with Crippen molar-refractivity contribution >= 4 is 17.9 Å². The van der Waals surface area contributed by atoms with Crippen LogP contribution in [0.15, 0.2) is 12.2 Å². The van der Waals surface area contributed by atoms with Crippen LogP contribution in [0.3, 0.4) is 0 Å². The molecule has 0 spiro atoms. The number of ether oxygens (including phenoxy) is 1. The maximum Gasteiger partial charge on any atom is 0.334 e. The first-order valence-corrected chi connectivity index (χ1v) is 5.47. The first-order chi connectivity index (χ1) is 8.10. The van der Waals surface area contributed by atoms with Crippen molar-refractivity contribution in [3.63, 3.8) is 0 Å². The fourth-order valence-electron chi connectivity index (χ4n) is 1.07. The van der Waals surface area contributed by atoms with Crippen LogP contribution in [0.25, 0.3) is 0 Å². The van der Waals surface area contributed by atoms with Crippen LogP contribution in [0.4, 0.5) is 0 Å². The zero-order chi connectivity index (χ0) is 14.5. The third-order valence-corrected chi connectivity index (χ3v) is 2.58. The molecule has 0 fully saturated rings. The van der Waals surface area contributed by atoms with Crippen molar-refractivity contribution < 1.29 is 29.3 Å². The van der Waals surface area contributed by atoms with E-state index in [1.807, 2.05) is 6.92 Å². The van der Waals surface area contributed by atoms with E-state index in [4.69, 9.17) is 14.9 Å². The summed E-state index contributed by atoms with van der Waals surface area (Å²) in [6.45, 7) is 8.48. The molecule has 0 saturated heterocycles. The van der Waals surface area contributed by atoms with E-state index in [0.717, 1.165) is 0 Å². The van der Waals surface area contributed by atoms with Gasteiger partial charge in [0.2, 0.25) is 0 Å². The van der Waals surface area contributed by atoms with Crippen molar-refractivity contribution in [2.75, 3.05) is 0 Å². The van der Waals surface area contributed by atoms with Gasteiger partial charge in [0.05, 0.1) is 12.3 Å². The number of rotatable bonds is 7. The smallest absolute Gasteiger partial charge is 0.334 e. The van der Waals surface area contributed by atoms with Crippen LogP contribution in [0.5, 0.6) is 0 Å². The average molecular weight is 258 g/mol. The molecule has 18 heavy (non-hydrogen) atoms. The van der Waals surface area contributed by atoms with E-state index in [1.165, 1.54) is 0 Å². The largest absolute Gasteiger partial charge is 0.481 e. The molecule has 6 nitrogen and oxygen atoms in total. The molecule has 0 aliphatic rings. The maximum atomic E-state index is 11.7. The van der Waals surface area contributed by atoms with Gasteiger partial charge in [0.25, 0.3) is 0 Å². The Morgan fingerprint density at radius 1 is 1.28 bits per heavy atom. The lowest BCUT2D eigenvalue weighted by molar-refractivity contribution is -0.156. The van der Waals surface area contributed by atoms with Crippen LogP contribution in [-0.2, 0) is 19.1 Å². The van der Waals surface area contributed by atoms with Crippen molar-refractivity contribution in [1.82, 2.24) is 0 Å². The number of hydrogen-bond acceptors (Lipinski definition) is 4. The Bertz CT molecular complexity index is 369. The molecule has 0 aromatic heterocycles. The molecule has 1 unspecified atom stereocenters. The number of carbonyl (C=O) groups excluding carboxylic acids is 1. The highest BCUT2D eigenvalue weighted by atomic mass is 16.6. The molecule has 0 rings (SSSR count). The van der Waals surface area contributed by atoms with Crippen LogP contribution >= 0.6 is 0 Å². The second kappa shape index (κ2) is 6.18. The van der Waals surface area contributed by atoms with Crippen LogP contribution in [0, 0.1) is 5.92 Å². The van der Waals surface area contributed by atoms with Gasteiger partial charge in [-0.3, -0.25) is 9.59 Å². The summed E-state index contributed by atoms with van der Waals surface area (Å²) in [4.78, 5) is 33.1. The lowest BCUT2D eigenvalue weighted by Gasteiger charge is -2.24. The Labute approximate surface area is 105 Å². The summed E-state index contributed by atoms with van der Waals surface area (Å²) in [5.74, 6) is -5.07. The fourth-order valence-corrected chi connectivity index (χ4v) is 1.07. The maximum absolute atomic E-state index is 11.7. The second-order valence-corrected chi connectivity index (χ2v) is 4.52. The van der Waals surface area contributed by atoms with Crippen LogP contribution in [-0.4, -0.2) is 33.7 Å². The van der Waals surface area contributed by atoms with Crippen molar-refractivity contribution in [2.24, 2.45) is 5.92 Å². The average Bonchev–Trinajstić information content (AvgIpc) is 2.23. The van der Waals surface area contributed by atoms with E-state index in [2.05, 4.69) is 6.58 Å². The molecule has 102 valence electrons. The molecule has 6 heteroatoms. The number of hydrogen-bond donors (Lipinski definition) is 2. The van der Waals surface area contributed by atoms with Gasteiger partial charge in [0, 0.05) is 5.57 Å². The minimum Gasteiger partial charge on any atom is -0.481 e. The summed E-state index contributed by atoms with van der Waals surface area (Å²) in [5.41, 5.74) is -1.10. The van der Waals surface area contributed by atoms with Crippen molar-refractivity contribution in [2.45, 2.75) is 39.2 Å². The van der Waals surface area contributed by atoms with E-state index in [0.29, 0.717) is 6.42 Å². The lowest BCUT2D eigenvalue weighted by Crippen LogP contribution is -2.31. The Balaban J connectivity index is 4.83. The predicted octanol–water partition coefficient (Wildman–Crippen LogP) is 1.45. The summed E-state index contributed by atoms with van der Waals surface area (Å²) >= 11 is 0. The second-order valence-electron chi connectivity index (χ2n) is 4.52.